The second kappa shape index (κ2) is 12.0. The lowest BCUT2D eigenvalue weighted by Gasteiger charge is -2.50. The molecule has 5 nitrogen and oxygen atoms in total. The molecule has 0 aromatic heterocycles. The summed E-state index contributed by atoms with van der Waals surface area (Å²) in [5, 5.41) is 16.0. The van der Waals surface area contributed by atoms with Gasteiger partial charge in [0.1, 0.15) is 11.4 Å². The van der Waals surface area contributed by atoms with Gasteiger partial charge in [0.2, 0.25) is 6.41 Å². The van der Waals surface area contributed by atoms with E-state index in [9.17, 15) is 23.1 Å². The molecule has 0 spiro atoms. The van der Waals surface area contributed by atoms with Crippen molar-refractivity contribution in [2.75, 3.05) is 25.0 Å². The van der Waals surface area contributed by atoms with Gasteiger partial charge in [0.25, 0.3) is 0 Å². The standard InChI is InChI=1S/C14H12F3N.C9H16N2O2.C2H6/c1-8-3-6-12(11(16)7-8)18-14-9(2)4-5-10(15)13(14)17;12-7-11-5-9(13,6-11)8-3-1-2-4-10-8;1-2/h3-7,18H,1-2H3;7-8,10,13H,1-6H2;1-2H3. The second-order valence-electron chi connectivity index (χ2n) is 8.28. The number of halogens is 3. The van der Waals surface area contributed by atoms with E-state index < -0.39 is 23.1 Å². The summed E-state index contributed by atoms with van der Waals surface area (Å²) in [7, 11) is 0. The molecule has 1 amide bonds. The molecule has 3 N–H and O–H groups in total. The maximum Gasteiger partial charge on any atom is 0.209 e. The van der Waals surface area contributed by atoms with Gasteiger partial charge in [-0.25, -0.2) is 13.2 Å². The monoisotopic (exact) mass is 465 g/mol. The molecule has 0 saturated carbocycles. The average Bonchev–Trinajstić information content (AvgIpc) is 2.80. The van der Waals surface area contributed by atoms with Crippen LogP contribution in [0.15, 0.2) is 30.3 Å². The summed E-state index contributed by atoms with van der Waals surface area (Å²) < 4.78 is 40.3. The van der Waals surface area contributed by atoms with Crippen LogP contribution in [0.5, 0.6) is 0 Å². The Morgan fingerprint density at radius 1 is 1.09 bits per heavy atom. The van der Waals surface area contributed by atoms with Gasteiger partial charge in [0, 0.05) is 6.04 Å². The van der Waals surface area contributed by atoms with Crippen LogP contribution in [0.2, 0.25) is 0 Å². The van der Waals surface area contributed by atoms with Crippen molar-refractivity contribution in [3.63, 3.8) is 0 Å². The van der Waals surface area contributed by atoms with Gasteiger partial charge in [0.15, 0.2) is 11.6 Å². The summed E-state index contributed by atoms with van der Waals surface area (Å²) in [6.07, 6.45) is 4.21. The molecule has 2 heterocycles. The predicted molar refractivity (Wildman–Crippen MR) is 125 cm³/mol. The van der Waals surface area contributed by atoms with E-state index in [1.807, 2.05) is 13.8 Å². The molecule has 2 aromatic carbocycles. The Hall–Kier alpha value is -2.58. The molecule has 1 atom stereocenters. The molecule has 8 heteroatoms. The summed E-state index contributed by atoms with van der Waals surface area (Å²) in [6.45, 7) is 9.36. The maximum absolute atomic E-state index is 13.6. The first kappa shape index (κ1) is 26.7. The fraction of sp³-hybridized carbons (Fsp3) is 0.480. The summed E-state index contributed by atoms with van der Waals surface area (Å²) >= 11 is 0. The van der Waals surface area contributed by atoms with Crippen LogP contribution in [-0.4, -0.2) is 47.7 Å². The first-order valence-corrected chi connectivity index (χ1v) is 11.4. The zero-order valence-electron chi connectivity index (χ0n) is 19.7. The first-order valence-electron chi connectivity index (χ1n) is 11.4. The van der Waals surface area contributed by atoms with Crippen LogP contribution in [0, 0.1) is 31.3 Å². The molecule has 2 fully saturated rings. The number of carbonyl (C=O) groups excluding carboxylic acids is 1. The molecule has 2 aliphatic rings. The van der Waals surface area contributed by atoms with Crippen LogP contribution in [0.3, 0.4) is 0 Å². The Kier molecular flexibility index (Phi) is 9.73. The summed E-state index contributed by atoms with van der Waals surface area (Å²) in [5.41, 5.74) is 0.690. The predicted octanol–water partition coefficient (Wildman–Crippen LogP) is 4.82. The van der Waals surface area contributed by atoms with Crippen LogP contribution in [0.4, 0.5) is 24.5 Å². The molecule has 33 heavy (non-hydrogen) atoms. The van der Waals surface area contributed by atoms with Crippen molar-refractivity contribution >= 4 is 17.8 Å². The minimum atomic E-state index is -1.00. The summed E-state index contributed by atoms with van der Waals surface area (Å²) in [5.74, 6) is -2.47. The number of aryl methyl sites for hydroxylation is 2. The van der Waals surface area contributed by atoms with E-state index in [-0.39, 0.29) is 17.4 Å². The average molecular weight is 466 g/mol. The van der Waals surface area contributed by atoms with E-state index in [4.69, 9.17) is 0 Å². The molecule has 2 saturated heterocycles. The summed E-state index contributed by atoms with van der Waals surface area (Å²) in [4.78, 5) is 12.0. The number of hydrogen-bond acceptors (Lipinski definition) is 4. The van der Waals surface area contributed by atoms with Crippen LogP contribution < -0.4 is 10.6 Å². The highest BCUT2D eigenvalue weighted by molar-refractivity contribution is 5.64. The quantitative estimate of drug-likeness (QED) is 0.567. The molecule has 1 unspecified atom stereocenters. The summed E-state index contributed by atoms with van der Waals surface area (Å²) in [6, 6.07) is 7.19. The SMILES string of the molecule is CC.Cc1ccc(Nc2c(C)ccc(F)c2F)c(F)c1.O=CN1CC(O)(C2CCCCN2)C1. The van der Waals surface area contributed by atoms with Crippen molar-refractivity contribution in [3.05, 3.63) is 58.9 Å². The normalized spacial score (nSPS) is 18.7. The van der Waals surface area contributed by atoms with Crippen molar-refractivity contribution in [2.45, 2.75) is 58.6 Å². The smallest absolute Gasteiger partial charge is 0.209 e. The van der Waals surface area contributed by atoms with Gasteiger partial charge >= 0.3 is 0 Å². The van der Waals surface area contributed by atoms with Crippen molar-refractivity contribution in [1.29, 1.82) is 0 Å². The Balaban J connectivity index is 0.000000227. The van der Waals surface area contributed by atoms with Gasteiger partial charge in [-0.1, -0.05) is 32.4 Å². The van der Waals surface area contributed by atoms with Gasteiger partial charge < -0.3 is 20.6 Å². The van der Waals surface area contributed by atoms with E-state index in [0.717, 1.165) is 31.0 Å². The lowest BCUT2D eigenvalue weighted by atomic mass is 9.82. The molecule has 2 aromatic rings. The van der Waals surface area contributed by atoms with E-state index in [2.05, 4.69) is 10.6 Å². The highest BCUT2D eigenvalue weighted by Gasteiger charge is 2.47. The number of carbonyl (C=O) groups is 1. The molecule has 182 valence electrons. The molecule has 4 rings (SSSR count). The van der Waals surface area contributed by atoms with Crippen LogP contribution in [0.25, 0.3) is 0 Å². The fourth-order valence-corrected chi connectivity index (χ4v) is 3.92. The highest BCUT2D eigenvalue weighted by Crippen LogP contribution is 2.28. The molecule has 0 aliphatic carbocycles. The molecule has 2 aliphatic heterocycles. The Labute approximate surface area is 194 Å². The minimum Gasteiger partial charge on any atom is -0.385 e. The maximum atomic E-state index is 13.6. The van der Waals surface area contributed by atoms with Gasteiger partial charge in [0.05, 0.1) is 24.5 Å². The van der Waals surface area contributed by atoms with Crippen LogP contribution >= 0.6 is 0 Å². The topological polar surface area (TPSA) is 64.6 Å². The molecule has 0 radical (unpaired) electrons. The third-order valence-electron chi connectivity index (χ3n) is 5.75. The highest BCUT2D eigenvalue weighted by atomic mass is 19.2. The van der Waals surface area contributed by atoms with Gasteiger partial charge in [-0.3, -0.25) is 4.79 Å². The van der Waals surface area contributed by atoms with E-state index >= 15 is 0 Å². The lowest BCUT2D eigenvalue weighted by molar-refractivity contribution is -0.150. The van der Waals surface area contributed by atoms with Crippen LogP contribution in [-0.2, 0) is 4.79 Å². The van der Waals surface area contributed by atoms with Crippen molar-refractivity contribution < 1.29 is 23.1 Å². The number of nitrogens with one attached hydrogen (secondary N) is 2. The number of hydrogen-bond donors (Lipinski definition) is 3. The van der Waals surface area contributed by atoms with Crippen molar-refractivity contribution in [1.82, 2.24) is 10.2 Å². The largest absolute Gasteiger partial charge is 0.385 e. The molecular formula is C25H34F3N3O2. The second-order valence-corrected chi connectivity index (χ2v) is 8.28. The Morgan fingerprint density at radius 3 is 2.36 bits per heavy atom. The van der Waals surface area contributed by atoms with Crippen molar-refractivity contribution in [3.8, 4) is 0 Å². The van der Waals surface area contributed by atoms with E-state index in [0.29, 0.717) is 18.7 Å². The van der Waals surface area contributed by atoms with Gasteiger partial charge in [-0.05, 0) is 62.6 Å². The number of aliphatic hydroxyl groups is 1. The number of piperidine rings is 1. The number of anilines is 2. The lowest BCUT2D eigenvalue weighted by Crippen LogP contribution is -2.70. The third-order valence-corrected chi connectivity index (χ3v) is 5.75. The minimum absolute atomic E-state index is 0.0437. The van der Waals surface area contributed by atoms with Gasteiger partial charge in [-0.15, -0.1) is 0 Å². The van der Waals surface area contributed by atoms with Gasteiger partial charge in [-0.2, -0.15) is 0 Å². The van der Waals surface area contributed by atoms with Crippen molar-refractivity contribution in [2.24, 2.45) is 0 Å². The number of nitrogens with zero attached hydrogens (tertiary/aromatic N) is 1. The number of rotatable bonds is 4. The number of likely N-dealkylation sites (tertiary alicyclic amines) is 1. The number of β-amino-alcohol motifs (C(OH)–C–C–N with tert-alkyl or cyclic N) is 1. The number of benzene rings is 2. The fourth-order valence-electron chi connectivity index (χ4n) is 3.92. The van der Waals surface area contributed by atoms with E-state index in [1.54, 1.807) is 24.8 Å². The molecule has 0 bridgehead atoms. The number of amides is 1. The van der Waals surface area contributed by atoms with E-state index in [1.165, 1.54) is 31.0 Å². The zero-order valence-corrected chi connectivity index (χ0v) is 19.7. The first-order chi connectivity index (χ1) is 15.7. The Morgan fingerprint density at radius 2 is 1.79 bits per heavy atom. The van der Waals surface area contributed by atoms with Crippen LogP contribution in [0.1, 0.15) is 44.2 Å². The zero-order chi connectivity index (χ0) is 24.6. The third kappa shape index (κ3) is 6.71. The molecular weight excluding hydrogens is 431 g/mol. The Bertz CT molecular complexity index is 927.